The van der Waals surface area contributed by atoms with Crippen LogP contribution in [0.2, 0.25) is 0 Å². The zero-order chi connectivity index (χ0) is 12.3. The molecule has 1 aliphatic rings. The predicted octanol–water partition coefficient (Wildman–Crippen LogP) is 3.23. The van der Waals surface area contributed by atoms with Crippen LogP contribution in [0, 0.1) is 0 Å². The zero-order valence-corrected chi connectivity index (χ0v) is 10.4. The number of ether oxygens (including phenoxy) is 1. The minimum Gasteiger partial charge on any atom is -0.466 e. The average molecular weight is 230 g/mol. The number of aryl methyl sites for hydroxylation is 1. The molecule has 0 amide bonds. The quantitative estimate of drug-likeness (QED) is 0.576. The van der Waals surface area contributed by atoms with Crippen molar-refractivity contribution in [1.82, 2.24) is 0 Å². The van der Waals surface area contributed by atoms with Gasteiger partial charge in [-0.15, -0.1) is 0 Å². The van der Waals surface area contributed by atoms with Crippen LogP contribution >= 0.6 is 0 Å². The Bertz CT molecular complexity index is 446. The third-order valence-corrected chi connectivity index (χ3v) is 3.48. The molecule has 0 bridgehead atoms. The number of fused-ring (bicyclic) bond motifs is 1. The maximum atomic E-state index is 11.8. The van der Waals surface area contributed by atoms with Crippen molar-refractivity contribution >= 4 is 5.97 Å². The van der Waals surface area contributed by atoms with Crippen LogP contribution in [0.25, 0.3) is 0 Å². The molecule has 0 spiro atoms. The number of carbonyl (C=O) groups excluding carboxylic acids is 1. The molecular formula is C15H18O2. The highest BCUT2D eigenvalue weighted by Gasteiger charge is 2.26. The summed E-state index contributed by atoms with van der Waals surface area (Å²) in [6.07, 6.45) is 5.17. The Hall–Kier alpha value is -1.57. The van der Waals surface area contributed by atoms with Crippen molar-refractivity contribution in [2.24, 2.45) is 0 Å². The second kappa shape index (κ2) is 5.17. The molecule has 1 aromatic rings. The van der Waals surface area contributed by atoms with E-state index in [-0.39, 0.29) is 11.9 Å². The minimum atomic E-state index is -0.200. The van der Waals surface area contributed by atoms with Crippen LogP contribution in [0.5, 0.6) is 0 Å². The van der Waals surface area contributed by atoms with Gasteiger partial charge >= 0.3 is 5.97 Å². The molecule has 2 rings (SSSR count). The summed E-state index contributed by atoms with van der Waals surface area (Å²) in [5, 5.41) is 0. The summed E-state index contributed by atoms with van der Waals surface area (Å²) in [6, 6.07) is 8.40. The Labute approximate surface area is 102 Å². The molecule has 1 aliphatic carbocycles. The van der Waals surface area contributed by atoms with Crippen molar-refractivity contribution in [3.05, 3.63) is 47.0 Å². The van der Waals surface area contributed by atoms with Gasteiger partial charge in [0.15, 0.2) is 0 Å². The predicted molar refractivity (Wildman–Crippen MR) is 67.9 cm³/mol. The van der Waals surface area contributed by atoms with Crippen LogP contribution in [0.15, 0.2) is 35.9 Å². The summed E-state index contributed by atoms with van der Waals surface area (Å²) in [6.45, 7) is 1.91. The van der Waals surface area contributed by atoms with Crippen molar-refractivity contribution in [1.29, 1.82) is 0 Å². The highest BCUT2D eigenvalue weighted by molar-refractivity contribution is 5.90. The van der Waals surface area contributed by atoms with Crippen molar-refractivity contribution in [3.63, 3.8) is 0 Å². The van der Waals surface area contributed by atoms with E-state index in [2.05, 4.69) is 18.2 Å². The Balaban J connectivity index is 2.38. The van der Waals surface area contributed by atoms with Gasteiger partial charge in [-0.2, -0.15) is 0 Å². The van der Waals surface area contributed by atoms with Gasteiger partial charge in [-0.25, -0.2) is 4.79 Å². The first-order valence-corrected chi connectivity index (χ1v) is 6.10. The number of hydrogen-bond donors (Lipinski definition) is 0. The van der Waals surface area contributed by atoms with Gasteiger partial charge < -0.3 is 4.74 Å². The van der Waals surface area contributed by atoms with Crippen LogP contribution in [0.1, 0.15) is 36.8 Å². The fourth-order valence-corrected chi connectivity index (χ4v) is 2.66. The van der Waals surface area contributed by atoms with E-state index >= 15 is 0 Å². The Morgan fingerprint density at radius 3 is 2.88 bits per heavy atom. The van der Waals surface area contributed by atoms with Crippen LogP contribution in [-0.4, -0.2) is 13.1 Å². The molecule has 0 saturated carbocycles. The Kier molecular flexibility index (Phi) is 3.62. The third-order valence-electron chi connectivity index (χ3n) is 3.48. The highest BCUT2D eigenvalue weighted by atomic mass is 16.5. The lowest BCUT2D eigenvalue weighted by atomic mass is 9.78. The van der Waals surface area contributed by atoms with Crippen LogP contribution in [0.3, 0.4) is 0 Å². The Morgan fingerprint density at radius 2 is 2.18 bits per heavy atom. The molecule has 0 N–H and O–H groups in total. The summed E-state index contributed by atoms with van der Waals surface area (Å²) < 4.78 is 4.86. The van der Waals surface area contributed by atoms with E-state index in [0.29, 0.717) is 0 Å². The number of carbonyl (C=O) groups is 1. The topological polar surface area (TPSA) is 26.3 Å². The first kappa shape index (κ1) is 11.9. The molecular weight excluding hydrogens is 212 g/mol. The monoisotopic (exact) mass is 230 g/mol. The van der Waals surface area contributed by atoms with Gasteiger partial charge in [0.05, 0.1) is 7.11 Å². The number of hydrogen-bond acceptors (Lipinski definition) is 2. The molecule has 1 aromatic carbocycles. The van der Waals surface area contributed by atoms with Crippen molar-refractivity contribution in [2.75, 3.05) is 7.11 Å². The highest BCUT2D eigenvalue weighted by Crippen LogP contribution is 2.36. The van der Waals surface area contributed by atoms with E-state index < -0.39 is 0 Å². The second-order valence-electron chi connectivity index (χ2n) is 4.38. The fourth-order valence-electron chi connectivity index (χ4n) is 2.66. The lowest BCUT2D eigenvalue weighted by molar-refractivity contribution is -0.136. The maximum absolute atomic E-state index is 11.8. The van der Waals surface area contributed by atoms with E-state index in [0.717, 1.165) is 24.8 Å². The molecule has 0 aromatic heterocycles. The molecule has 1 atom stereocenters. The van der Waals surface area contributed by atoms with Crippen LogP contribution < -0.4 is 0 Å². The standard InChI is InChI=1S/C15H18O2/c1-3-12(15(16)17-2)14-10-6-8-11-7-4-5-9-13(11)14/h3-5,7,9,14H,6,8,10H2,1-2H3. The summed E-state index contributed by atoms with van der Waals surface area (Å²) >= 11 is 0. The van der Waals surface area contributed by atoms with Crippen molar-refractivity contribution in [2.45, 2.75) is 32.1 Å². The van der Waals surface area contributed by atoms with Gasteiger partial charge in [0.2, 0.25) is 0 Å². The molecule has 0 fully saturated rings. The largest absolute Gasteiger partial charge is 0.466 e. The molecule has 0 radical (unpaired) electrons. The van der Waals surface area contributed by atoms with Gasteiger partial charge in [0, 0.05) is 11.5 Å². The maximum Gasteiger partial charge on any atom is 0.334 e. The number of rotatable bonds is 2. The van der Waals surface area contributed by atoms with Crippen molar-refractivity contribution < 1.29 is 9.53 Å². The number of allylic oxidation sites excluding steroid dienone is 1. The SMILES string of the molecule is CC=C(C(=O)OC)C1CCCc2ccccc21. The van der Waals surface area contributed by atoms with E-state index in [9.17, 15) is 4.79 Å². The number of esters is 1. The normalized spacial score (nSPS) is 19.6. The zero-order valence-electron chi connectivity index (χ0n) is 10.4. The van der Waals surface area contributed by atoms with Gasteiger partial charge in [0.25, 0.3) is 0 Å². The third kappa shape index (κ3) is 2.26. The van der Waals surface area contributed by atoms with Crippen molar-refractivity contribution in [3.8, 4) is 0 Å². The molecule has 2 nitrogen and oxygen atoms in total. The smallest absolute Gasteiger partial charge is 0.334 e. The number of benzene rings is 1. The molecule has 17 heavy (non-hydrogen) atoms. The van der Waals surface area contributed by atoms with Crippen LogP contribution in [0.4, 0.5) is 0 Å². The van der Waals surface area contributed by atoms with Gasteiger partial charge in [0.1, 0.15) is 0 Å². The van der Waals surface area contributed by atoms with Gasteiger partial charge in [-0.05, 0) is 37.3 Å². The lowest BCUT2D eigenvalue weighted by Crippen LogP contribution is -2.18. The molecule has 0 heterocycles. The molecule has 1 unspecified atom stereocenters. The first-order valence-electron chi connectivity index (χ1n) is 6.10. The van der Waals surface area contributed by atoms with Gasteiger partial charge in [-0.1, -0.05) is 30.3 Å². The van der Waals surface area contributed by atoms with E-state index in [4.69, 9.17) is 4.74 Å². The van der Waals surface area contributed by atoms with Gasteiger partial charge in [-0.3, -0.25) is 0 Å². The van der Waals surface area contributed by atoms with E-state index in [1.165, 1.54) is 18.2 Å². The fraction of sp³-hybridized carbons (Fsp3) is 0.400. The molecule has 0 aliphatic heterocycles. The number of methoxy groups -OCH3 is 1. The lowest BCUT2D eigenvalue weighted by Gasteiger charge is -2.26. The molecule has 2 heteroatoms. The summed E-state index contributed by atoms with van der Waals surface area (Å²) in [4.78, 5) is 11.8. The summed E-state index contributed by atoms with van der Waals surface area (Å²) in [7, 11) is 1.45. The second-order valence-corrected chi connectivity index (χ2v) is 4.38. The van der Waals surface area contributed by atoms with E-state index in [1.54, 1.807) is 0 Å². The summed E-state index contributed by atoms with van der Waals surface area (Å²) in [5.41, 5.74) is 3.45. The van der Waals surface area contributed by atoms with Crippen LogP contribution in [-0.2, 0) is 16.0 Å². The average Bonchev–Trinajstić information content (AvgIpc) is 2.39. The minimum absolute atomic E-state index is 0.200. The molecule has 0 saturated heterocycles. The first-order chi connectivity index (χ1) is 8.27. The summed E-state index contributed by atoms with van der Waals surface area (Å²) in [5.74, 6) is 0.00611. The Morgan fingerprint density at radius 1 is 1.41 bits per heavy atom. The van der Waals surface area contributed by atoms with E-state index in [1.807, 2.05) is 19.1 Å². The molecule has 90 valence electrons.